The molecule has 34 heavy (non-hydrogen) atoms. The third kappa shape index (κ3) is 6.41. The maximum atomic E-state index is 6.38. The number of methoxy groups -OCH3 is 1. The summed E-state index contributed by atoms with van der Waals surface area (Å²) in [6.07, 6.45) is 4.69. The molecule has 0 bridgehead atoms. The summed E-state index contributed by atoms with van der Waals surface area (Å²) in [4.78, 5) is 14.7. The number of anilines is 1. The van der Waals surface area contributed by atoms with E-state index in [9.17, 15) is 0 Å². The van der Waals surface area contributed by atoms with Crippen molar-refractivity contribution < 1.29 is 9.47 Å². The number of nitrogens with zero attached hydrogens (tertiary/aromatic N) is 4. The summed E-state index contributed by atoms with van der Waals surface area (Å²) >= 11 is 0. The van der Waals surface area contributed by atoms with Gasteiger partial charge in [-0.15, -0.1) is 0 Å². The van der Waals surface area contributed by atoms with Gasteiger partial charge in [0.2, 0.25) is 5.88 Å². The van der Waals surface area contributed by atoms with Crippen molar-refractivity contribution in [2.75, 3.05) is 51.3 Å². The van der Waals surface area contributed by atoms with Crippen LogP contribution in [0.2, 0.25) is 0 Å². The molecule has 1 aliphatic heterocycles. The number of hydrogen-bond donors (Lipinski definition) is 0. The molecule has 3 rings (SSSR count). The molecule has 1 aliphatic rings. The Morgan fingerprint density at radius 1 is 1.03 bits per heavy atom. The Hall–Kier alpha value is -2.34. The summed E-state index contributed by atoms with van der Waals surface area (Å²) in [5.41, 5.74) is 5.21. The van der Waals surface area contributed by atoms with Crippen LogP contribution in [-0.4, -0.2) is 61.3 Å². The zero-order valence-electron chi connectivity index (χ0n) is 22.4. The average molecular weight is 469 g/mol. The van der Waals surface area contributed by atoms with Gasteiger partial charge in [0.1, 0.15) is 18.0 Å². The molecule has 1 fully saturated rings. The topological polar surface area (TPSA) is 50.7 Å². The molecule has 0 aliphatic carbocycles. The first-order chi connectivity index (χ1) is 16.4. The fourth-order valence-corrected chi connectivity index (χ4v) is 4.93. The van der Waals surface area contributed by atoms with Gasteiger partial charge in [-0.1, -0.05) is 26.8 Å². The largest absolute Gasteiger partial charge is 0.491 e. The predicted octanol–water partition coefficient (Wildman–Crippen LogP) is 5.81. The number of piperidine rings is 1. The molecule has 0 unspecified atom stereocenters. The highest BCUT2D eigenvalue weighted by Crippen LogP contribution is 2.37. The Kier molecular flexibility index (Phi) is 9.57. The van der Waals surface area contributed by atoms with Crippen molar-refractivity contribution in [2.45, 2.75) is 67.2 Å². The molecule has 6 heteroatoms. The molecule has 0 amide bonds. The molecule has 1 aromatic heterocycles. The van der Waals surface area contributed by atoms with Gasteiger partial charge in [-0.05, 0) is 82.7 Å². The zero-order valence-corrected chi connectivity index (χ0v) is 22.4. The van der Waals surface area contributed by atoms with E-state index < -0.39 is 0 Å². The van der Waals surface area contributed by atoms with Crippen LogP contribution in [0.3, 0.4) is 0 Å². The fourth-order valence-electron chi connectivity index (χ4n) is 4.93. The van der Waals surface area contributed by atoms with E-state index in [0.29, 0.717) is 18.3 Å². The van der Waals surface area contributed by atoms with Crippen LogP contribution in [0.15, 0.2) is 12.1 Å². The smallest absolute Gasteiger partial charge is 0.241 e. The van der Waals surface area contributed by atoms with Gasteiger partial charge >= 0.3 is 0 Å². The fraction of sp³-hybridized carbons (Fsp3) is 0.643. The molecular weight excluding hydrogens is 424 g/mol. The van der Waals surface area contributed by atoms with E-state index in [1.807, 2.05) is 0 Å². The van der Waals surface area contributed by atoms with Crippen molar-refractivity contribution in [3.05, 3.63) is 29.0 Å². The molecule has 2 heterocycles. The minimum absolute atomic E-state index is 0.637. The zero-order chi connectivity index (χ0) is 24.7. The van der Waals surface area contributed by atoms with Crippen LogP contribution in [-0.2, 0) is 0 Å². The lowest BCUT2D eigenvalue weighted by Gasteiger charge is -2.30. The monoisotopic (exact) mass is 468 g/mol. The summed E-state index contributed by atoms with van der Waals surface area (Å²) in [6, 6.07) is 4.29. The van der Waals surface area contributed by atoms with Crippen molar-refractivity contribution in [3.8, 4) is 23.0 Å². The van der Waals surface area contributed by atoms with Crippen LogP contribution in [0.4, 0.5) is 5.69 Å². The van der Waals surface area contributed by atoms with E-state index in [4.69, 9.17) is 19.4 Å². The first-order valence-electron chi connectivity index (χ1n) is 13.0. The second kappa shape index (κ2) is 12.4. The summed E-state index contributed by atoms with van der Waals surface area (Å²) in [5.74, 6) is 3.01. The number of ether oxygens (including phenoxy) is 2. The molecule has 2 aromatic rings. The highest BCUT2D eigenvalue weighted by molar-refractivity contribution is 5.72. The lowest BCUT2D eigenvalue weighted by atomic mass is 9.99. The van der Waals surface area contributed by atoms with Gasteiger partial charge in [0, 0.05) is 19.6 Å². The van der Waals surface area contributed by atoms with Crippen LogP contribution in [0, 0.1) is 26.7 Å². The van der Waals surface area contributed by atoms with Gasteiger partial charge in [-0.25, -0.2) is 4.98 Å². The Balaban J connectivity index is 1.90. The molecule has 188 valence electrons. The number of aromatic nitrogens is 2. The average Bonchev–Trinajstić information content (AvgIpc) is 2.79. The number of rotatable bonds is 11. The van der Waals surface area contributed by atoms with Crippen molar-refractivity contribution in [1.82, 2.24) is 14.9 Å². The van der Waals surface area contributed by atoms with Crippen LogP contribution < -0.4 is 14.4 Å². The first-order valence-corrected chi connectivity index (χ1v) is 13.0. The molecule has 1 aromatic carbocycles. The minimum atomic E-state index is 0.637. The van der Waals surface area contributed by atoms with E-state index in [-0.39, 0.29) is 0 Å². The van der Waals surface area contributed by atoms with Crippen molar-refractivity contribution in [3.63, 3.8) is 0 Å². The van der Waals surface area contributed by atoms with Crippen molar-refractivity contribution >= 4 is 5.69 Å². The summed E-state index contributed by atoms with van der Waals surface area (Å²) in [7, 11) is 1.70. The minimum Gasteiger partial charge on any atom is -0.491 e. The molecule has 0 N–H and O–H groups in total. The summed E-state index contributed by atoms with van der Waals surface area (Å²) < 4.78 is 12.2. The van der Waals surface area contributed by atoms with Crippen LogP contribution >= 0.6 is 0 Å². The van der Waals surface area contributed by atoms with Gasteiger partial charge in [-0.3, -0.25) is 4.90 Å². The van der Waals surface area contributed by atoms with Crippen molar-refractivity contribution in [2.24, 2.45) is 5.92 Å². The van der Waals surface area contributed by atoms with Crippen molar-refractivity contribution in [1.29, 1.82) is 0 Å². The van der Waals surface area contributed by atoms with E-state index >= 15 is 0 Å². The van der Waals surface area contributed by atoms with Gasteiger partial charge in [-0.2, -0.15) is 4.98 Å². The Morgan fingerprint density at radius 3 is 2.32 bits per heavy atom. The normalized spacial score (nSPS) is 14.9. The standard InChI is InChI=1S/C28H44N4O2/c1-8-12-32(13-9-2)26-23(6)29-27(30-28(26)33-7)25-22(5)18-21(4)19-24(25)34-17-16-31-14-10-20(3)11-15-31/h18-20H,8-17H2,1-7H3. The van der Waals surface area contributed by atoms with Gasteiger partial charge in [0.15, 0.2) is 5.82 Å². The van der Waals surface area contributed by atoms with Gasteiger partial charge < -0.3 is 14.4 Å². The predicted molar refractivity (Wildman–Crippen MR) is 141 cm³/mol. The Bertz CT molecular complexity index is 932. The van der Waals surface area contributed by atoms with E-state index in [2.05, 4.69) is 63.5 Å². The van der Waals surface area contributed by atoms with E-state index in [0.717, 1.165) is 79.7 Å². The highest BCUT2D eigenvalue weighted by Gasteiger charge is 2.22. The quantitative estimate of drug-likeness (QED) is 0.414. The number of likely N-dealkylation sites (tertiary alicyclic amines) is 1. The maximum Gasteiger partial charge on any atom is 0.241 e. The summed E-state index contributed by atoms with van der Waals surface area (Å²) in [5, 5.41) is 0. The highest BCUT2D eigenvalue weighted by atomic mass is 16.5. The molecule has 1 saturated heterocycles. The molecular formula is C28H44N4O2. The second-order valence-electron chi connectivity index (χ2n) is 9.81. The Morgan fingerprint density at radius 2 is 1.71 bits per heavy atom. The van der Waals surface area contributed by atoms with E-state index in [1.54, 1.807) is 7.11 Å². The first kappa shape index (κ1) is 26.3. The maximum absolute atomic E-state index is 6.38. The third-order valence-corrected chi connectivity index (χ3v) is 6.73. The lowest BCUT2D eigenvalue weighted by molar-refractivity contribution is 0.160. The summed E-state index contributed by atoms with van der Waals surface area (Å²) in [6.45, 7) is 18.9. The molecule has 0 atom stereocenters. The lowest BCUT2D eigenvalue weighted by Crippen LogP contribution is -2.35. The van der Waals surface area contributed by atoms with Crippen LogP contribution in [0.1, 0.15) is 63.3 Å². The third-order valence-electron chi connectivity index (χ3n) is 6.73. The molecule has 0 radical (unpaired) electrons. The SMILES string of the molecule is CCCN(CCC)c1c(C)nc(-c2c(C)cc(C)cc2OCCN2CCC(C)CC2)nc1OC. The Labute approximate surface area is 206 Å². The van der Waals surface area contributed by atoms with Gasteiger partial charge in [0.05, 0.1) is 18.4 Å². The molecule has 0 spiro atoms. The molecule has 6 nitrogen and oxygen atoms in total. The van der Waals surface area contributed by atoms with Gasteiger partial charge in [0.25, 0.3) is 0 Å². The number of benzene rings is 1. The second-order valence-corrected chi connectivity index (χ2v) is 9.81. The molecule has 0 saturated carbocycles. The van der Waals surface area contributed by atoms with Crippen LogP contribution in [0.25, 0.3) is 11.4 Å². The number of hydrogen-bond acceptors (Lipinski definition) is 6. The van der Waals surface area contributed by atoms with E-state index in [1.165, 1.54) is 18.4 Å². The number of aryl methyl sites for hydroxylation is 3. The van der Waals surface area contributed by atoms with Crippen LogP contribution in [0.5, 0.6) is 11.6 Å².